The molecule has 0 N–H and O–H groups in total. The molecule has 1 fully saturated rings. The van der Waals surface area contributed by atoms with Crippen LogP contribution in [0.1, 0.15) is 30.1 Å². The summed E-state index contributed by atoms with van der Waals surface area (Å²) >= 11 is 0. The Bertz CT molecular complexity index is 526. The zero-order valence-corrected chi connectivity index (χ0v) is 9.93. The molecule has 2 aliphatic heterocycles. The minimum atomic E-state index is -0.498. The number of nitrogens with zero attached hydrogens (tertiary/aromatic N) is 2. The van der Waals surface area contributed by atoms with Gasteiger partial charge in [0.25, 0.3) is 5.91 Å². The van der Waals surface area contributed by atoms with Crippen molar-refractivity contribution in [3.05, 3.63) is 29.8 Å². The van der Waals surface area contributed by atoms with Crippen molar-refractivity contribution in [3.8, 4) is 0 Å². The van der Waals surface area contributed by atoms with E-state index >= 15 is 0 Å². The van der Waals surface area contributed by atoms with Gasteiger partial charge in [0.15, 0.2) is 0 Å². The van der Waals surface area contributed by atoms with Gasteiger partial charge in [-0.05, 0) is 25.5 Å². The van der Waals surface area contributed by atoms with Crippen LogP contribution in [-0.2, 0) is 4.79 Å². The monoisotopic (exact) mass is 230 g/mol. The van der Waals surface area contributed by atoms with Crippen LogP contribution in [0.25, 0.3) is 0 Å². The molecule has 4 nitrogen and oxygen atoms in total. The lowest BCUT2D eigenvalue weighted by atomic mass is 9.99. The molecule has 1 atom stereocenters. The summed E-state index contributed by atoms with van der Waals surface area (Å²) in [6.07, 6.45) is 1.14. The highest BCUT2D eigenvalue weighted by atomic mass is 16.2. The molecule has 0 bridgehead atoms. The first-order valence-corrected chi connectivity index (χ1v) is 5.76. The van der Waals surface area contributed by atoms with Crippen LogP contribution in [0, 0.1) is 0 Å². The Morgan fingerprint density at radius 1 is 1.24 bits per heavy atom. The number of rotatable bonds is 0. The Kier molecular flexibility index (Phi) is 1.88. The third-order valence-electron chi connectivity index (χ3n) is 3.97. The number of amides is 2. The maximum Gasteiger partial charge on any atom is 0.264 e. The van der Waals surface area contributed by atoms with Crippen LogP contribution in [0.5, 0.6) is 0 Å². The Morgan fingerprint density at radius 3 is 2.71 bits per heavy atom. The van der Waals surface area contributed by atoms with Crippen molar-refractivity contribution in [1.82, 2.24) is 4.90 Å². The summed E-state index contributed by atoms with van der Waals surface area (Å²) < 4.78 is 0. The van der Waals surface area contributed by atoms with Gasteiger partial charge in [-0.1, -0.05) is 12.1 Å². The molecule has 2 heterocycles. The lowest BCUT2D eigenvalue weighted by Gasteiger charge is -2.47. The quantitative estimate of drug-likeness (QED) is 0.636. The van der Waals surface area contributed by atoms with Gasteiger partial charge in [0.05, 0.1) is 11.3 Å². The first-order valence-electron chi connectivity index (χ1n) is 5.76. The van der Waals surface area contributed by atoms with Crippen LogP contribution in [0.15, 0.2) is 24.3 Å². The van der Waals surface area contributed by atoms with Crippen LogP contribution in [0.4, 0.5) is 5.69 Å². The van der Waals surface area contributed by atoms with Crippen LogP contribution < -0.4 is 4.90 Å². The average molecular weight is 230 g/mol. The number of para-hydroxylation sites is 1. The standard InChI is InChI=1S/C13H14N2O2/c1-13-8-7-11(16)15(13)12(17)9-5-3-4-6-10(9)14(13)2/h3-6H,7-8H2,1-2H3/t13-/m0/s1. The molecule has 0 spiro atoms. The summed E-state index contributed by atoms with van der Waals surface area (Å²) in [4.78, 5) is 27.6. The number of carbonyl (C=O) groups is 2. The number of imide groups is 1. The highest BCUT2D eigenvalue weighted by Gasteiger charge is 2.52. The summed E-state index contributed by atoms with van der Waals surface area (Å²) in [5.41, 5.74) is 1.02. The van der Waals surface area contributed by atoms with Crippen LogP contribution in [0.2, 0.25) is 0 Å². The van der Waals surface area contributed by atoms with Crippen molar-refractivity contribution in [1.29, 1.82) is 0 Å². The Morgan fingerprint density at radius 2 is 1.94 bits per heavy atom. The van der Waals surface area contributed by atoms with E-state index in [1.165, 1.54) is 4.90 Å². The maximum atomic E-state index is 12.3. The molecule has 0 unspecified atom stereocenters. The molecule has 1 saturated heterocycles. The molecule has 2 aliphatic rings. The molecular formula is C13H14N2O2. The predicted molar refractivity (Wildman–Crippen MR) is 63.7 cm³/mol. The van der Waals surface area contributed by atoms with E-state index in [-0.39, 0.29) is 11.8 Å². The molecule has 0 aromatic heterocycles. The molecule has 2 amide bonds. The van der Waals surface area contributed by atoms with E-state index in [1.54, 1.807) is 6.07 Å². The molecule has 3 rings (SSSR count). The van der Waals surface area contributed by atoms with E-state index < -0.39 is 5.66 Å². The minimum Gasteiger partial charge on any atom is -0.351 e. The van der Waals surface area contributed by atoms with Gasteiger partial charge in [-0.25, -0.2) is 0 Å². The lowest BCUT2D eigenvalue weighted by molar-refractivity contribution is -0.128. The van der Waals surface area contributed by atoms with Gasteiger partial charge in [0.1, 0.15) is 5.66 Å². The lowest BCUT2D eigenvalue weighted by Crippen LogP contribution is -2.60. The number of fused-ring (bicyclic) bond motifs is 2. The SMILES string of the molecule is CN1c2ccccc2C(=O)N2C(=O)CC[C@]21C. The van der Waals surface area contributed by atoms with Crippen molar-refractivity contribution in [2.45, 2.75) is 25.4 Å². The van der Waals surface area contributed by atoms with E-state index in [1.807, 2.05) is 37.1 Å². The largest absolute Gasteiger partial charge is 0.351 e. The molecule has 1 aromatic carbocycles. The van der Waals surface area contributed by atoms with Crippen molar-refractivity contribution >= 4 is 17.5 Å². The first-order chi connectivity index (χ1) is 8.05. The fourth-order valence-electron chi connectivity index (χ4n) is 2.81. The van der Waals surface area contributed by atoms with Crippen molar-refractivity contribution in [3.63, 3.8) is 0 Å². The summed E-state index contributed by atoms with van der Waals surface area (Å²) in [7, 11) is 1.94. The Balaban J connectivity index is 2.23. The number of hydrogen-bond donors (Lipinski definition) is 0. The summed E-state index contributed by atoms with van der Waals surface area (Å²) in [5, 5.41) is 0. The summed E-state index contributed by atoms with van der Waals surface area (Å²) in [5.74, 6) is -0.234. The smallest absolute Gasteiger partial charge is 0.264 e. The zero-order chi connectivity index (χ0) is 12.2. The Hall–Kier alpha value is -1.84. The Labute approximate surface area is 99.8 Å². The van der Waals surface area contributed by atoms with E-state index in [0.717, 1.165) is 5.69 Å². The normalized spacial score (nSPS) is 27.2. The molecule has 0 aliphatic carbocycles. The van der Waals surface area contributed by atoms with E-state index in [4.69, 9.17) is 0 Å². The van der Waals surface area contributed by atoms with Gasteiger partial charge in [-0.3, -0.25) is 14.5 Å². The molecular weight excluding hydrogens is 216 g/mol. The van der Waals surface area contributed by atoms with Gasteiger partial charge >= 0.3 is 0 Å². The number of benzene rings is 1. The van der Waals surface area contributed by atoms with Crippen molar-refractivity contribution < 1.29 is 9.59 Å². The van der Waals surface area contributed by atoms with Crippen molar-refractivity contribution in [2.75, 3.05) is 11.9 Å². The second-order valence-corrected chi connectivity index (χ2v) is 4.83. The van der Waals surface area contributed by atoms with E-state index in [9.17, 15) is 9.59 Å². The van der Waals surface area contributed by atoms with Crippen LogP contribution in [-0.4, -0.2) is 29.4 Å². The average Bonchev–Trinajstić information content (AvgIpc) is 2.64. The van der Waals surface area contributed by atoms with E-state index in [2.05, 4.69) is 0 Å². The second kappa shape index (κ2) is 3.09. The third kappa shape index (κ3) is 1.12. The molecule has 4 heteroatoms. The van der Waals surface area contributed by atoms with Gasteiger partial charge in [-0.15, -0.1) is 0 Å². The maximum absolute atomic E-state index is 12.3. The number of anilines is 1. The number of hydrogen-bond acceptors (Lipinski definition) is 3. The highest BCUT2D eigenvalue weighted by Crippen LogP contribution is 2.42. The topological polar surface area (TPSA) is 40.6 Å². The fourth-order valence-corrected chi connectivity index (χ4v) is 2.81. The van der Waals surface area contributed by atoms with Gasteiger partial charge in [0, 0.05) is 13.5 Å². The summed E-state index contributed by atoms with van der Waals surface area (Å²) in [6.45, 7) is 1.95. The van der Waals surface area contributed by atoms with Gasteiger partial charge in [0.2, 0.25) is 5.91 Å². The second-order valence-electron chi connectivity index (χ2n) is 4.83. The van der Waals surface area contributed by atoms with Gasteiger partial charge < -0.3 is 4.90 Å². The molecule has 1 aromatic rings. The van der Waals surface area contributed by atoms with Crippen LogP contribution in [0.3, 0.4) is 0 Å². The molecule has 0 radical (unpaired) electrons. The van der Waals surface area contributed by atoms with Gasteiger partial charge in [-0.2, -0.15) is 0 Å². The first kappa shape index (κ1) is 10.3. The molecule has 17 heavy (non-hydrogen) atoms. The highest BCUT2D eigenvalue weighted by molar-refractivity contribution is 6.11. The zero-order valence-electron chi connectivity index (χ0n) is 9.93. The van der Waals surface area contributed by atoms with Crippen LogP contribution >= 0.6 is 0 Å². The number of carbonyl (C=O) groups excluding carboxylic acids is 2. The molecule has 88 valence electrons. The third-order valence-corrected chi connectivity index (χ3v) is 3.97. The predicted octanol–water partition coefficient (Wildman–Crippen LogP) is 1.62. The fraction of sp³-hybridized carbons (Fsp3) is 0.385. The minimum absolute atomic E-state index is 0.0705. The summed E-state index contributed by atoms with van der Waals surface area (Å²) in [6, 6.07) is 7.45. The van der Waals surface area contributed by atoms with Crippen molar-refractivity contribution in [2.24, 2.45) is 0 Å². The molecule has 0 saturated carbocycles. The van der Waals surface area contributed by atoms with E-state index in [0.29, 0.717) is 18.4 Å².